The molecule has 0 radical (unpaired) electrons. The number of aldehydes is 1. The summed E-state index contributed by atoms with van der Waals surface area (Å²) in [6.07, 6.45) is 6.65. The third kappa shape index (κ3) is 3.48. The van der Waals surface area contributed by atoms with Gasteiger partial charge in [0, 0.05) is 17.4 Å². The number of allylic oxidation sites excluding steroid dienone is 1. The Bertz CT molecular complexity index is 688. The van der Waals surface area contributed by atoms with Crippen LogP contribution >= 0.6 is 0 Å². The lowest BCUT2D eigenvalue weighted by molar-refractivity contribution is -0.111. The summed E-state index contributed by atoms with van der Waals surface area (Å²) in [6, 6.07) is 19.4. The van der Waals surface area contributed by atoms with Gasteiger partial charge in [0.2, 0.25) is 0 Å². The lowest BCUT2D eigenvalue weighted by Crippen LogP contribution is -2.21. The molecule has 0 spiro atoms. The van der Waals surface area contributed by atoms with Crippen molar-refractivity contribution in [1.82, 2.24) is 0 Å². The zero-order valence-electron chi connectivity index (χ0n) is 13.0. The van der Waals surface area contributed by atoms with Crippen molar-refractivity contribution >= 4 is 18.1 Å². The van der Waals surface area contributed by atoms with E-state index in [1.165, 1.54) is 0 Å². The zero-order valence-corrected chi connectivity index (χ0v) is 13.0. The summed E-state index contributed by atoms with van der Waals surface area (Å²) in [5.74, 6) is -0.0294. The van der Waals surface area contributed by atoms with Gasteiger partial charge in [0.05, 0.1) is 0 Å². The molecular formula is C21H20O2. The van der Waals surface area contributed by atoms with E-state index in [-0.39, 0.29) is 23.5 Å². The first-order chi connectivity index (χ1) is 11.3. The minimum atomic E-state index is -0.104. The number of benzene rings is 2. The molecule has 0 amide bonds. The molecule has 0 aliphatic heterocycles. The van der Waals surface area contributed by atoms with Gasteiger partial charge < -0.3 is 4.79 Å². The molecule has 0 N–H and O–H groups in total. The van der Waals surface area contributed by atoms with Crippen LogP contribution in [0.3, 0.4) is 0 Å². The Hall–Kier alpha value is -2.48. The van der Waals surface area contributed by atoms with Gasteiger partial charge in [0.1, 0.15) is 6.29 Å². The van der Waals surface area contributed by atoms with Crippen LogP contribution in [0.2, 0.25) is 0 Å². The molecule has 3 rings (SSSR count). The summed E-state index contributed by atoms with van der Waals surface area (Å²) in [7, 11) is 0. The topological polar surface area (TPSA) is 34.1 Å². The SMILES string of the molecule is O=C[C@@H]1CC[C@@H](C(=O)c2ccccc2)[C@@H]1/C=C/c1ccccc1. The zero-order chi connectivity index (χ0) is 16.1. The Morgan fingerprint density at radius 3 is 2.22 bits per heavy atom. The van der Waals surface area contributed by atoms with Crippen molar-refractivity contribution in [3.8, 4) is 0 Å². The second-order valence-electron chi connectivity index (χ2n) is 6.06. The maximum atomic E-state index is 12.8. The molecule has 1 fully saturated rings. The second-order valence-corrected chi connectivity index (χ2v) is 6.06. The monoisotopic (exact) mass is 304 g/mol. The fourth-order valence-corrected chi connectivity index (χ4v) is 3.40. The Morgan fingerprint density at radius 2 is 1.57 bits per heavy atom. The number of Topliss-reactive ketones (excluding diaryl/α,β-unsaturated/α-hetero) is 1. The predicted molar refractivity (Wildman–Crippen MR) is 92.0 cm³/mol. The molecule has 1 aliphatic carbocycles. The summed E-state index contributed by atoms with van der Waals surface area (Å²) in [5.41, 5.74) is 1.83. The highest BCUT2D eigenvalue weighted by Gasteiger charge is 2.38. The molecule has 0 unspecified atom stereocenters. The van der Waals surface area contributed by atoms with Crippen LogP contribution in [0.4, 0.5) is 0 Å². The third-order valence-electron chi connectivity index (χ3n) is 4.65. The summed E-state index contributed by atoms with van der Waals surface area (Å²) >= 11 is 0. The molecule has 2 aromatic carbocycles. The number of carbonyl (C=O) groups is 2. The third-order valence-corrected chi connectivity index (χ3v) is 4.65. The number of hydrogen-bond acceptors (Lipinski definition) is 2. The van der Waals surface area contributed by atoms with E-state index in [4.69, 9.17) is 0 Å². The van der Waals surface area contributed by atoms with Crippen LogP contribution in [-0.4, -0.2) is 12.1 Å². The summed E-state index contributed by atoms with van der Waals surface area (Å²) in [5, 5.41) is 0. The first-order valence-corrected chi connectivity index (χ1v) is 8.07. The molecule has 3 atom stereocenters. The Kier molecular flexibility index (Phi) is 4.82. The van der Waals surface area contributed by atoms with Gasteiger partial charge in [-0.25, -0.2) is 0 Å². The van der Waals surface area contributed by atoms with Crippen molar-refractivity contribution < 1.29 is 9.59 Å². The lowest BCUT2D eigenvalue weighted by atomic mass is 9.84. The highest BCUT2D eigenvalue weighted by molar-refractivity contribution is 5.98. The first kappa shape index (κ1) is 15.4. The van der Waals surface area contributed by atoms with Gasteiger partial charge in [-0.3, -0.25) is 4.79 Å². The molecule has 0 saturated heterocycles. The van der Waals surface area contributed by atoms with Gasteiger partial charge in [-0.2, -0.15) is 0 Å². The average molecular weight is 304 g/mol. The van der Waals surface area contributed by atoms with Crippen LogP contribution in [0.1, 0.15) is 28.8 Å². The van der Waals surface area contributed by atoms with E-state index >= 15 is 0 Å². The van der Waals surface area contributed by atoms with Gasteiger partial charge in [0.25, 0.3) is 0 Å². The number of hydrogen-bond donors (Lipinski definition) is 0. The molecule has 1 aliphatic rings. The number of ketones is 1. The van der Waals surface area contributed by atoms with E-state index < -0.39 is 0 Å². The quantitative estimate of drug-likeness (QED) is 0.605. The largest absolute Gasteiger partial charge is 0.303 e. The van der Waals surface area contributed by atoms with E-state index in [1.54, 1.807) is 0 Å². The van der Waals surface area contributed by atoms with Crippen molar-refractivity contribution in [3.63, 3.8) is 0 Å². The van der Waals surface area contributed by atoms with Crippen molar-refractivity contribution in [2.24, 2.45) is 17.8 Å². The molecule has 0 aromatic heterocycles. The van der Waals surface area contributed by atoms with Crippen LogP contribution in [0.15, 0.2) is 66.7 Å². The fraction of sp³-hybridized carbons (Fsp3) is 0.238. The van der Waals surface area contributed by atoms with Crippen LogP contribution in [0, 0.1) is 17.8 Å². The molecule has 0 bridgehead atoms. The maximum absolute atomic E-state index is 12.8. The van der Waals surface area contributed by atoms with Gasteiger partial charge in [-0.1, -0.05) is 72.8 Å². The standard InChI is InChI=1S/C21H20O2/c22-15-18-12-14-20(21(23)17-9-5-2-6-10-17)19(18)13-11-16-7-3-1-4-8-16/h1-11,13,15,18-20H,12,14H2/b13-11+/t18-,19+,20+/m0/s1. The van der Waals surface area contributed by atoms with E-state index in [9.17, 15) is 9.59 Å². The van der Waals surface area contributed by atoms with Crippen LogP contribution in [0.5, 0.6) is 0 Å². The molecule has 2 heteroatoms. The molecule has 1 saturated carbocycles. The van der Waals surface area contributed by atoms with Gasteiger partial charge >= 0.3 is 0 Å². The molecular weight excluding hydrogens is 284 g/mol. The molecule has 0 heterocycles. The summed E-state index contributed by atoms with van der Waals surface area (Å²) in [6.45, 7) is 0. The Balaban J connectivity index is 1.83. The van der Waals surface area contributed by atoms with Crippen molar-refractivity contribution in [3.05, 3.63) is 77.9 Å². The van der Waals surface area contributed by atoms with E-state index in [1.807, 2.05) is 72.8 Å². The van der Waals surface area contributed by atoms with Gasteiger partial charge in [0.15, 0.2) is 5.78 Å². The maximum Gasteiger partial charge on any atom is 0.166 e. The Morgan fingerprint density at radius 1 is 0.913 bits per heavy atom. The van der Waals surface area contributed by atoms with Crippen molar-refractivity contribution in [2.75, 3.05) is 0 Å². The van der Waals surface area contributed by atoms with E-state index in [0.717, 1.165) is 30.3 Å². The summed E-state index contributed by atoms with van der Waals surface area (Å²) in [4.78, 5) is 24.2. The van der Waals surface area contributed by atoms with Crippen molar-refractivity contribution in [1.29, 1.82) is 0 Å². The Labute approximate surface area is 136 Å². The van der Waals surface area contributed by atoms with Crippen LogP contribution in [0.25, 0.3) is 6.08 Å². The average Bonchev–Trinajstić information content (AvgIpc) is 3.04. The fourth-order valence-electron chi connectivity index (χ4n) is 3.40. The van der Waals surface area contributed by atoms with Gasteiger partial charge in [-0.05, 0) is 24.3 Å². The minimum absolute atomic E-state index is 0.0135. The highest BCUT2D eigenvalue weighted by atomic mass is 16.1. The van der Waals surface area contributed by atoms with Crippen LogP contribution in [-0.2, 0) is 4.79 Å². The first-order valence-electron chi connectivity index (χ1n) is 8.07. The number of rotatable bonds is 5. The summed E-state index contributed by atoms with van der Waals surface area (Å²) < 4.78 is 0. The minimum Gasteiger partial charge on any atom is -0.303 e. The predicted octanol–water partition coefficient (Wildman–Crippen LogP) is 4.42. The van der Waals surface area contributed by atoms with Crippen LogP contribution < -0.4 is 0 Å². The van der Waals surface area contributed by atoms with Crippen molar-refractivity contribution in [2.45, 2.75) is 12.8 Å². The molecule has 2 aromatic rings. The normalized spacial score (nSPS) is 23.9. The molecule has 116 valence electrons. The van der Waals surface area contributed by atoms with E-state index in [2.05, 4.69) is 0 Å². The second kappa shape index (κ2) is 7.19. The van der Waals surface area contributed by atoms with E-state index in [0.29, 0.717) is 0 Å². The highest BCUT2D eigenvalue weighted by Crippen LogP contribution is 2.39. The van der Waals surface area contributed by atoms with Gasteiger partial charge in [-0.15, -0.1) is 0 Å². The smallest absolute Gasteiger partial charge is 0.166 e. The molecule has 23 heavy (non-hydrogen) atoms. The number of carbonyl (C=O) groups excluding carboxylic acids is 2. The lowest BCUT2D eigenvalue weighted by Gasteiger charge is -2.18. The molecule has 2 nitrogen and oxygen atoms in total.